The van der Waals surface area contributed by atoms with Gasteiger partial charge in [0, 0.05) is 31.0 Å². The molecular formula is C14H13ClN4O2. The topological polar surface area (TPSA) is 71.3 Å². The highest BCUT2D eigenvalue weighted by Crippen LogP contribution is 2.32. The van der Waals surface area contributed by atoms with Gasteiger partial charge >= 0.3 is 0 Å². The van der Waals surface area contributed by atoms with Gasteiger partial charge in [-0.05, 0) is 24.1 Å². The first-order valence-electron chi connectivity index (χ1n) is 6.45. The summed E-state index contributed by atoms with van der Waals surface area (Å²) in [7, 11) is 2.05. The Bertz CT molecular complexity index is 720. The van der Waals surface area contributed by atoms with Crippen LogP contribution in [0.15, 0.2) is 30.5 Å². The summed E-state index contributed by atoms with van der Waals surface area (Å²) in [4.78, 5) is 16.3. The second kappa shape index (κ2) is 5.21. The third-order valence-corrected chi connectivity index (χ3v) is 3.80. The highest BCUT2D eigenvalue weighted by atomic mass is 35.5. The quantitative estimate of drug-likeness (QED) is 0.695. The monoisotopic (exact) mass is 304 g/mol. The molecule has 1 aromatic carbocycles. The first-order chi connectivity index (χ1) is 10.0. The highest BCUT2D eigenvalue weighted by Gasteiger charge is 2.16. The van der Waals surface area contributed by atoms with Crippen LogP contribution >= 0.6 is 11.6 Å². The molecule has 21 heavy (non-hydrogen) atoms. The largest absolute Gasteiger partial charge is 0.374 e. The number of nitro groups is 1. The molecule has 0 unspecified atom stereocenters. The standard InChI is InChI=1S/C14H13ClN4O2/c1-18-5-4-9-2-3-10(6-13(9)18)17-14-12(15)7-11(8-16-14)19(20)21/h2-3,6-8H,4-5H2,1H3,(H,16,17). The van der Waals surface area contributed by atoms with Crippen molar-refractivity contribution in [2.75, 3.05) is 23.8 Å². The maximum atomic E-state index is 10.7. The SMILES string of the molecule is CN1CCc2ccc(Nc3ncc([N+](=O)[O-])cc3Cl)cc21. The van der Waals surface area contributed by atoms with Crippen LogP contribution in [0.5, 0.6) is 0 Å². The number of pyridine rings is 1. The fourth-order valence-electron chi connectivity index (χ4n) is 2.37. The molecule has 7 heteroatoms. The van der Waals surface area contributed by atoms with Crippen molar-refractivity contribution in [2.45, 2.75) is 6.42 Å². The van der Waals surface area contributed by atoms with Crippen LogP contribution in [0.2, 0.25) is 5.02 Å². The van der Waals surface area contributed by atoms with Crippen LogP contribution in [0.3, 0.4) is 0 Å². The number of rotatable bonds is 3. The van der Waals surface area contributed by atoms with Gasteiger partial charge in [-0.15, -0.1) is 0 Å². The summed E-state index contributed by atoms with van der Waals surface area (Å²) >= 11 is 6.03. The molecule has 3 rings (SSSR count). The number of aromatic nitrogens is 1. The lowest BCUT2D eigenvalue weighted by atomic mass is 10.1. The molecule has 108 valence electrons. The van der Waals surface area contributed by atoms with Gasteiger partial charge in [0.1, 0.15) is 12.0 Å². The van der Waals surface area contributed by atoms with Crippen molar-refractivity contribution in [1.29, 1.82) is 0 Å². The summed E-state index contributed by atoms with van der Waals surface area (Å²) in [5, 5.41) is 14.0. The molecule has 0 saturated heterocycles. The smallest absolute Gasteiger partial charge is 0.289 e. The Hall–Kier alpha value is -2.34. The van der Waals surface area contributed by atoms with Crippen molar-refractivity contribution >= 4 is 34.5 Å². The Morgan fingerprint density at radius 1 is 1.43 bits per heavy atom. The second-order valence-corrected chi connectivity index (χ2v) is 5.33. The van der Waals surface area contributed by atoms with Gasteiger partial charge in [-0.1, -0.05) is 17.7 Å². The molecule has 0 fully saturated rings. The van der Waals surface area contributed by atoms with E-state index < -0.39 is 4.92 Å². The lowest BCUT2D eigenvalue weighted by Gasteiger charge is -2.14. The maximum Gasteiger partial charge on any atom is 0.289 e. The predicted molar refractivity (Wildman–Crippen MR) is 82.6 cm³/mol. The van der Waals surface area contributed by atoms with E-state index in [2.05, 4.69) is 21.3 Å². The zero-order valence-electron chi connectivity index (χ0n) is 11.3. The van der Waals surface area contributed by atoms with Gasteiger partial charge in [-0.2, -0.15) is 0 Å². The molecule has 2 heterocycles. The summed E-state index contributed by atoms with van der Waals surface area (Å²) in [5.41, 5.74) is 3.22. The van der Waals surface area contributed by atoms with Crippen molar-refractivity contribution in [1.82, 2.24) is 4.98 Å². The van der Waals surface area contributed by atoms with Gasteiger partial charge in [-0.25, -0.2) is 4.98 Å². The molecule has 0 atom stereocenters. The molecule has 1 aromatic heterocycles. The fraction of sp³-hybridized carbons (Fsp3) is 0.214. The van der Waals surface area contributed by atoms with E-state index in [0.29, 0.717) is 5.82 Å². The van der Waals surface area contributed by atoms with E-state index in [1.165, 1.54) is 23.5 Å². The average Bonchev–Trinajstić information content (AvgIpc) is 2.82. The zero-order valence-corrected chi connectivity index (χ0v) is 12.1. The Morgan fingerprint density at radius 2 is 2.24 bits per heavy atom. The van der Waals surface area contributed by atoms with Crippen molar-refractivity contribution in [2.24, 2.45) is 0 Å². The number of likely N-dealkylation sites (N-methyl/N-ethyl adjacent to an activating group) is 1. The molecule has 6 nitrogen and oxygen atoms in total. The summed E-state index contributed by atoms with van der Waals surface area (Å²) in [6, 6.07) is 7.34. The van der Waals surface area contributed by atoms with Gasteiger partial charge in [0.2, 0.25) is 0 Å². The van der Waals surface area contributed by atoms with Crippen LogP contribution < -0.4 is 10.2 Å². The van der Waals surface area contributed by atoms with E-state index in [0.717, 1.165) is 18.7 Å². The Balaban J connectivity index is 1.87. The minimum Gasteiger partial charge on any atom is -0.374 e. The van der Waals surface area contributed by atoms with Gasteiger partial charge in [0.05, 0.1) is 9.95 Å². The van der Waals surface area contributed by atoms with E-state index in [-0.39, 0.29) is 10.7 Å². The van der Waals surface area contributed by atoms with Gasteiger partial charge in [-0.3, -0.25) is 10.1 Å². The number of anilines is 3. The fourth-order valence-corrected chi connectivity index (χ4v) is 2.58. The molecule has 0 saturated carbocycles. The molecule has 0 aliphatic carbocycles. The van der Waals surface area contributed by atoms with Gasteiger partial charge < -0.3 is 10.2 Å². The highest BCUT2D eigenvalue weighted by molar-refractivity contribution is 6.33. The van der Waals surface area contributed by atoms with Crippen molar-refractivity contribution in [3.8, 4) is 0 Å². The number of hydrogen-bond acceptors (Lipinski definition) is 5. The Labute approximate surface area is 126 Å². The number of fused-ring (bicyclic) bond motifs is 1. The van der Waals surface area contributed by atoms with Crippen LogP contribution in [0.4, 0.5) is 22.9 Å². The first kappa shape index (κ1) is 13.6. The van der Waals surface area contributed by atoms with Gasteiger partial charge in [0.15, 0.2) is 0 Å². The molecule has 1 N–H and O–H groups in total. The van der Waals surface area contributed by atoms with Crippen LogP contribution in [-0.4, -0.2) is 23.5 Å². The molecule has 0 spiro atoms. The molecule has 0 bridgehead atoms. The number of halogens is 1. The van der Waals surface area contributed by atoms with Crippen molar-refractivity contribution < 1.29 is 4.92 Å². The Morgan fingerprint density at radius 3 is 2.95 bits per heavy atom. The lowest BCUT2D eigenvalue weighted by Crippen LogP contribution is -2.12. The first-order valence-corrected chi connectivity index (χ1v) is 6.83. The van der Waals surface area contributed by atoms with Crippen LogP contribution in [0.1, 0.15) is 5.56 Å². The van der Waals surface area contributed by atoms with E-state index in [1.807, 2.05) is 19.2 Å². The normalized spacial score (nSPS) is 13.1. The van der Waals surface area contributed by atoms with Crippen LogP contribution in [-0.2, 0) is 6.42 Å². The molecule has 1 aliphatic heterocycles. The van der Waals surface area contributed by atoms with Crippen LogP contribution in [0, 0.1) is 10.1 Å². The molecule has 1 aliphatic rings. The van der Waals surface area contributed by atoms with E-state index >= 15 is 0 Å². The number of hydrogen-bond donors (Lipinski definition) is 1. The van der Waals surface area contributed by atoms with E-state index in [4.69, 9.17) is 11.6 Å². The number of nitrogens with zero attached hydrogens (tertiary/aromatic N) is 3. The second-order valence-electron chi connectivity index (χ2n) is 4.92. The summed E-state index contributed by atoms with van der Waals surface area (Å²) in [6.07, 6.45) is 2.23. The van der Waals surface area contributed by atoms with Crippen molar-refractivity contribution in [3.05, 3.63) is 51.2 Å². The van der Waals surface area contributed by atoms with Crippen molar-refractivity contribution in [3.63, 3.8) is 0 Å². The maximum absolute atomic E-state index is 10.7. The van der Waals surface area contributed by atoms with Gasteiger partial charge in [0.25, 0.3) is 5.69 Å². The summed E-state index contributed by atoms with van der Waals surface area (Å²) < 4.78 is 0. The summed E-state index contributed by atoms with van der Waals surface area (Å²) in [5.74, 6) is 0.405. The summed E-state index contributed by atoms with van der Waals surface area (Å²) in [6.45, 7) is 1.01. The zero-order chi connectivity index (χ0) is 15.0. The number of nitrogens with one attached hydrogen (secondary N) is 1. The molecule has 0 radical (unpaired) electrons. The predicted octanol–water partition coefficient (Wildman–Crippen LogP) is 3.38. The minimum atomic E-state index is -0.521. The van der Waals surface area contributed by atoms with E-state index in [9.17, 15) is 10.1 Å². The van der Waals surface area contributed by atoms with Crippen LogP contribution in [0.25, 0.3) is 0 Å². The minimum absolute atomic E-state index is 0.126. The molecule has 2 aromatic rings. The lowest BCUT2D eigenvalue weighted by molar-refractivity contribution is -0.385. The van der Waals surface area contributed by atoms with E-state index in [1.54, 1.807) is 0 Å². The Kier molecular flexibility index (Phi) is 3.39. The molecule has 0 amide bonds. The number of benzene rings is 1. The average molecular weight is 305 g/mol. The third kappa shape index (κ3) is 2.62. The third-order valence-electron chi connectivity index (χ3n) is 3.51. The molecular weight excluding hydrogens is 292 g/mol.